The van der Waals surface area contributed by atoms with Crippen molar-refractivity contribution >= 4 is 43.9 Å². The number of hydrogen-bond acceptors (Lipinski definition) is 3. The standard InChI is InChI=1S/C23H18ClFN2O/c24-23-20(14-28-27-11-9-26-10-12-27)22-16(13-21(23)25)6-7-18-17-4-2-1-3-15(17)5-8-19(18)22/h1-9,11,13,26H,10,12,14H2. The first-order chi connectivity index (χ1) is 13.7. The van der Waals surface area contributed by atoms with Crippen molar-refractivity contribution in [3.63, 3.8) is 0 Å². The molecule has 28 heavy (non-hydrogen) atoms. The molecule has 0 aliphatic carbocycles. The highest BCUT2D eigenvalue weighted by atomic mass is 35.5. The largest absolute Gasteiger partial charge is 0.388 e. The SMILES string of the molecule is Fc1cc2ccc3c4ccccc4ccc3c2c(CON2C=CNCC2)c1Cl. The summed E-state index contributed by atoms with van der Waals surface area (Å²) in [6.07, 6.45) is 3.65. The zero-order valence-electron chi connectivity index (χ0n) is 15.1. The van der Waals surface area contributed by atoms with Gasteiger partial charge < -0.3 is 5.32 Å². The van der Waals surface area contributed by atoms with Gasteiger partial charge in [-0.25, -0.2) is 4.39 Å². The fourth-order valence-corrected chi connectivity index (χ4v) is 4.08. The van der Waals surface area contributed by atoms with E-state index < -0.39 is 5.82 Å². The third-order valence-corrected chi connectivity index (χ3v) is 5.64. The van der Waals surface area contributed by atoms with E-state index in [-0.39, 0.29) is 11.6 Å². The van der Waals surface area contributed by atoms with E-state index in [1.807, 2.05) is 30.6 Å². The molecule has 1 heterocycles. The first kappa shape index (κ1) is 17.3. The second-order valence-electron chi connectivity index (χ2n) is 6.88. The van der Waals surface area contributed by atoms with E-state index in [9.17, 15) is 4.39 Å². The zero-order valence-corrected chi connectivity index (χ0v) is 15.8. The molecule has 0 atom stereocenters. The van der Waals surface area contributed by atoms with E-state index in [0.29, 0.717) is 12.1 Å². The van der Waals surface area contributed by atoms with Crippen LogP contribution in [0.1, 0.15) is 5.56 Å². The molecule has 0 unspecified atom stereocenters. The summed E-state index contributed by atoms with van der Waals surface area (Å²) in [5.41, 5.74) is 0.671. The van der Waals surface area contributed by atoms with Crippen LogP contribution in [-0.2, 0) is 11.4 Å². The number of nitrogens with zero attached hydrogens (tertiary/aromatic N) is 1. The highest BCUT2D eigenvalue weighted by molar-refractivity contribution is 6.33. The van der Waals surface area contributed by atoms with Crippen molar-refractivity contribution in [1.29, 1.82) is 0 Å². The maximum Gasteiger partial charge on any atom is 0.142 e. The van der Waals surface area contributed by atoms with Gasteiger partial charge in [0, 0.05) is 24.5 Å². The highest BCUT2D eigenvalue weighted by Gasteiger charge is 2.17. The average molecular weight is 393 g/mol. The summed E-state index contributed by atoms with van der Waals surface area (Å²) in [7, 11) is 0. The van der Waals surface area contributed by atoms with Crippen molar-refractivity contribution in [2.24, 2.45) is 0 Å². The highest BCUT2D eigenvalue weighted by Crippen LogP contribution is 2.37. The Hall–Kier alpha value is -2.82. The molecule has 0 saturated carbocycles. The van der Waals surface area contributed by atoms with Gasteiger partial charge in [-0.15, -0.1) is 0 Å². The first-order valence-corrected chi connectivity index (χ1v) is 9.61. The van der Waals surface area contributed by atoms with Crippen LogP contribution in [0.25, 0.3) is 32.3 Å². The number of halogens is 2. The minimum atomic E-state index is -0.427. The number of fused-ring (bicyclic) bond motifs is 5. The van der Waals surface area contributed by atoms with E-state index in [4.69, 9.17) is 16.4 Å². The molecular formula is C23H18ClFN2O. The quantitative estimate of drug-likeness (QED) is 0.449. The molecule has 1 N–H and O–H groups in total. The monoisotopic (exact) mass is 392 g/mol. The molecule has 1 aliphatic heterocycles. The van der Waals surface area contributed by atoms with Gasteiger partial charge in [0.05, 0.1) is 11.6 Å². The van der Waals surface area contributed by atoms with Crippen LogP contribution in [0.4, 0.5) is 4.39 Å². The molecule has 4 aromatic carbocycles. The van der Waals surface area contributed by atoms with Crippen molar-refractivity contribution < 1.29 is 9.23 Å². The minimum absolute atomic E-state index is 0.118. The Balaban J connectivity index is 1.73. The number of rotatable bonds is 3. The molecule has 4 aromatic rings. The number of benzene rings is 4. The lowest BCUT2D eigenvalue weighted by Crippen LogP contribution is -2.31. The lowest BCUT2D eigenvalue weighted by molar-refractivity contribution is -0.133. The van der Waals surface area contributed by atoms with E-state index in [0.717, 1.165) is 28.1 Å². The molecule has 5 rings (SSSR count). The van der Waals surface area contributed by atoms with Crippen LogP contribution in [0.5, 0.6) is 0 Å². The Bertz CT molecular complexity index is 1240. The molecule has 0 bridgehead atoms. The summed E-state index contributed by atoms with van der Waals surface area (Å²) in [6, 6.07) is 18.0. The van der Waals surface area contributed by atoms with E-state index in [2.05, 4.69) is 35.6 Å². The van der Waals surface area contributed by atoms with Crippen molar-refractivity contribution in [2.75, 3.05) is 13.1 Å². The van der Waals surface area contributed by atoms with Crippen LogP contribution in [-0.4, -0.2) is 18.2 Å². The van der Waals surface area contributed by atoms with Gasteiger partial charge >= 0.3 is 0 Å². The number of hydroxylamine groups is 2. The van der Waals surface area contributed by atoms with Gasteiger partial charge in [-0.2, -0.15) is 0 Å². The molecule has 140 valence electrons. The van der Waals surface area contributed by atoms with Gasteiger partial charge in [-0.3, -0.25) is 9.90 Å². The lowest BCUT2D eigenvalue weighted by Gasteiger charge is -2.24. The lowest BCUT2D eigenvalue weighted by atomic mass is 9.94. The molecule has 0 saturated heterocycles. The second kappa shape index (κ2) is 6.97. The van der Waals surface area contributed by atoms with Crippen molar-refractivity contribution in [1.82, 2.24) is 10.4 Å². The molecule has 0 spiro atoms. The van der Waals surface area contributed by atoms with Crippen molar-refractivity contribution in [3.05, 3.63) is 83.4 Å². The summed E-state index contributed by atoms with van der Waals surface area (Å²) >= 11 is 6.40. The number of nitrogens with one attached hydrogen (secondary N) is 1. The Morgan fingerprint density at radius 2 is 1.82 bits per heavy atom. The Morgan fingerprint density at radius 3 is 2.68 bits per heavy atom. The molecule has 0 aromatic heterocycles. The van der Waals surface area contributed by atoms with Gasteiger partial charge in [-0.05, 0) is 38.4 Å². The topological polar surface area (TPSA) is 24.5 Å². The van der Waals surface area contributed by atoms with E-state index in [1.165, 1.54) is 16.8 Å². The summed E-state index contributed by atoms with van der Waals surface area (Å²) in [5, 5.41) is 11.2. The maximum absolute atomic E-state index is 14.5. The molecule has 0 fully saturated rings. The van der Waals surface area contributed by atoms with Gasteiger partial charge in [-0.1, -0.05) is 60.1 Å². The zero-order chi connectivity index (χ0) is 19.1. The van der Waals surface area contributed by atoms with Crippen LogP contribution in [0, 0.1) is 5.82 Å². The van der Waals surface area contributed by atoms with Crippen LogP contribution >= 0.6 is 11.6 Å². The Morgan fingerprint density at radius 1 is 1.00 bits per heavy atom. The Labute approximate surface area is 166 Å². The number of hydrogen-bond donors (Lipinski definition) is 1. The predicted octanol–water partition coefficient (Wildman–Crippen LogP) is 5.75. The molecular weight excluding hydrogens is 375 g/mol. The van der Waals surface area contributed by atoms with Gasteiger partial charge in [0.25, 0.3) is 0 Å². The van der Waals surface area contributed by atoms with Gasteiger partial charge in [0.15, 0.2) is 0 Å². The van der Waals surface area contributed by atoms with Gasteiger partial charge in [0.2, 0.25) is 0 Å². The van der Waals surface area contributed by atoms with Crippen molar-refractivity contribution in [3.8, 4) is 0 Å². The smallest absolute Gasteiger partial charge is 0.142 e. The fourth-order valence-electron chi connectivity index (χ4n) is 3.87. The first-order valence-electron chi connectivity index (χ1n) is 9.23. The molecule has 3 nitrogen and oxygen atoms in total. The summed E-state index contributed by atoms with van der Waals surface area (Å²) in [5.74, 6) is -0.427. The van der Waals surface area contributed by atoms with Gasteiger partial charge in [0.1, 0.15) is 12.4 Å². The third-order valence-electron chi connectivity index (χ3n) is 5.23. The van der Waals surface area contributed by atoms with Crippen LogP contribution in [0.2, 0.25) is 5.02 Å². The third kappa shape index (κ3) is 2.86. The fraction of sp³-hybridized carbons (Fsp3) is 0.130. The maximum atomic E-state index is 14.5. The second-order valence-corrected chi connectivity index (χ2v) is 7.26. The Kier molecular flexibility index (Phi) is 4.30. The van der Waals surface area contributed by atoms with Crippen molar-refractivity contribution in [2.45, 2.75) is 6.61 Å². The molecule has 5 heteroatoms. The molecule has 0 amide bonds. The normalized spacial score (nSPS) is 14.1. The summed E-state index contributed by atoms with van der Waals surface area (Å²) in [4.78, 5) is 5.90. The predicted molar refractivity (Wildman–Crippen MR) is 113 cm³/mol. The molecule has 1 aliphatic rings. The van der Waals surface area contributed by atoms with Crippen LogP contribution in [0.3, 0.4) is 0 Å². The molecule has 0 radical (unpaired) electrons. The van der Waals surface area contributed by atoms with Crippen LogP contribution in [0.15, 0.2) is 67.0 Å². The van der Waals surface area contributed by atoms with Crippen LogP contribution < -0.4 is 5.32 Å². The summed E-state index contributed by atoms with van der Waals surface area (Å²) < 4.78 is 14.5. The summed E-state index contributed by atoms with van der Waals surface area (Å²) in [6.45, 7) is 1.71. The van der Waals surface area contributed by atoms with E-state index in [1.54, 1.807) is 5.06 Å². The average Bonchev–Trinajstić information content (AvgIpc) is 2.74. The minimum Gasteiger partial charge on any atom is -0.388 e. The van der Waals surface area contributed by atoms with E-state index >= 15 is 0 Å².